The molecule has 0 aromatic heterocycles. The van der Waals surface area contributed by atoms with Gasteiger partial charge in [-0.15, -0.1) is 0 Å². The first-order chi connectivity index (χ1) is 16.8. The molecule has 0 heterocycles. The molecule has 1 aliphatic carbocycles. The highest BCUT2D eigenvalue weighted by Crippen LogP contribution is 2.44. The second kappa shape index (κ2) is 10.4. The predicted octanol–water partition coefficient (Wildman–Crippen LogP) is 4.55. The maximum absolute atomic E-state index is 12.9. The molecule has 0 aliphatic heterocycles. The van der Waals surface area contributed by atoms with E-state index in [4.69, 9.17) is 4.74 Å². The van der Waals surface area contributed by atoms with Gasteiger partial charge in [-0.2, -0.15) is 0 Å². The number of carbonyl (C=O) groups is 3. The average Bonchev–Trinajstić information content (AvgIpc) is 3.16. The van der Waals surface area contributed by atoms with Crippen LogP contribution in [0.3, 0.4) is 0 Å². The summed E-state index contributed by atoms with van der Waals surface area (Å²) in [6.45, 7) is 3.81. The number of amides is 2. The standard InChI is InChI=1S/C28H28N2O5/c1-17-9-3-4-10-19(17)18(2)29-27(33)25(15-26(31)32)30-28(34)35-16-24-22-13-7-5-11-20(22)21-12-6-8-14-23(21)24/h3-14,18,24-25H,15-16H2,1-2H3,(H,29,33)(H,30,34)(H,31,32). The van der Waals surface area contributed by atoms with Gasteiger partial charge in [-0.05, 0) is 47.2 Å². The summed E-state index contributed by atoms with van der Waals surface area (Å²) in [5.41, 5.74) is 6.24. The van der Waals surface area contributed by atoms with Gasteiger partial charge in [-0.3, -0.25) is 9.59 Å². The maximum atomic E-state index is 12.9. The van der Waals surface area contributed by atoms with Gasteiger partial charge in [-0.1, -0.05) is 72.8 Å². The number of hydrogen-bond donors (Lipinski definition) is 3. The van der Waals surface area contributed by atoms with Crippen molar-refractivity contribution in [1.82, 2.24) is 10.6 Å². The Labute approximate surface area is 204 Å². The number of alkyl carbamates (subject to hydrolysis) is 1. The van der Waals surface area contributed by atoms with Crippen LogP contribution < -0.4 is 10.6 Å². The van der Waals surface area contributed by atoms with Crippen LogP contribution in [-0.2, 0) is 14.3 Å². The number of carboxylic acids is 1. The van der Waals surface area contributed by atoms with E-state index in [1.807, 2.05) is 86.6 Å². The molecule has 3 aromatic rings. The zero-order valence-corrected chi connectivity index (χ0v) is 19.7. The number of fused-ring (bicyclic) bond motifs is 3. The Morgan fingerprint density at radius 2 is 1.46 bits per heavy atom. The minimum absolute atomic E-state index is 0.0703. The Balaban J connectivity index is 1.42. The van der Waals surface area contributed by atoms with Crippen molar-refractivity contribution in [3.63, 3.8) is 0 Å². The third kappa shape index (κ3) is 5.35. The number of rotatable bonds is 8. The van der Waals surface area contributed by atoms with Crippen molar-refractivity contribution in [2.75, 3.05) is 6.61 Å². The largest absolute Gasteiger partial charge is 0.481 e. The van der Waals surface area contributed by atoms with Gasteiger partial charge < -0.3 is 20.5 Å². The number of nitrogens with one attached hydrogen (secondary N) is 2. The highest BCUT2D eigenvalue weighted by Gasteiger charge is 2.30. The molecule has 0 bridgehead atoms. The third-order valence-corrected chi connectivity index (χ3v) is 6.34. The fraction of sp³-hybridized carbons (Fsp3) is 0.250. The molecule has 0 saturated carbocycles. The lowest BCUT2D eigenvalue weighted by Gasteiger charge is -2.22. The smallest absolute Gasteiger partial charge is 0.407 e. The van der Waals surface area contributed by atoms with Crippen molar-refractivity contribution in [2.45, 2.75) is 38.3 Å². The van der Waals surface area contributed by atoms with Crippen LogP contribution in [0.25, 0.3) is 11.1 Å². The molecule has 0 radical (unpaired) electrons. The summed E-state index contributed by atoms with van der Waals surface area (Å²) >= 11 is 0. The normalized spacial score (nSPS) is 13.8. The van der Waals surface area contributed by atoms with Crippen LogP contribution in [0.2, 0.25) is 0 Å². The Morgan fingerprint density at radius 3 is 2.06 bits per heavy atom. The average molecular weight is 473 g/mol. The Morgan fingerprint density at radius 1 is 0.886 bits per heavy atom. The Hall–Kier alpha value is -4.13. The van der Waals surface area contributed by atoms with Gasteiger partial charge in [0.2, 0.25) is 5.91 Å². The van der Waals surface area contributed by atoms with Crippen LogP contribution in [0.1, 0.15) is 47.6 Å². The first-order valence-electron chi connectivity index (χ1n) is 11.5. The van der Waals surface area contributed by atoms with Crippen LogP contribution in [0.15, 0.2) is 72.8 Å². The van der Waals surface area contributed by atoms with Gasteiger partial charge in [0.25, 0.3) is 0 Å². The highest BCUT2D eigenvalue weighted by atomic mass is 16.5. The molecule has 0 saturated heterocycles. The molecule has 2 unspecified atom stereocenters. The van der Waals surface area contributed by atoms with Crippen LogP contribution in [0.4, 0.5) is 4.79 Å². The number of aliphatic carboxylic acids is 1. The van der Waals surface area contributed by atoms with Crippen molar-refractivity contribution >= 4 is 18.0 Å². The topological polar surface area (TPSA) is 105 Å². The van der Waals surface area contributed by atoms with Crippen LogP contribution >= 0.6 is 0 Å². The fourth-order valence-electron chi connectivity index (χ4n) is 4.63. The fourth-order valence-corrected chi connectivity index (χ4v) is 4.63. The molecular formula is C28H28N2O5. The highest BCUT2D eigenvalue weighted by molar-refractivity contribution is 5.89. The number of ether oxygens (including phenoxy) is 1. The number of aryl methyl sites for hydroxylation is 1. The monoisotopic (exact) mass is 472 g/mol. The minimum Gasteiger partial charge on any atom is -0.481 e. The van der Waals surface area contributed by atoms with Gasteiger partial charge in [-0.25, -0.2) is 4.79 Å². The summed E-state index contributed by atoms with van der Waals surface area (Å²) in [6.07, 6.45) is -1.40. The lowest BCUT2D eigenvalue weighted by atomic mass is 9.98. The first kappa shape index (κ1) is 24.0. The van der Waals surface area contributed by atoms with Gasteiger partial charge in [0.05, 0.1) is 12.5 Å². The van der Waals surface area contributed by atoms with Gasteiger partial charge in [0, 0.05) is 5.92 Å². The second-order valence-corrected chi connectivity index (χ2v) is 8.71. The summed E-state index contributed by atoms with van der Waals surface area (Å²) in [4.78, 5) is 36.9. The molecule has 3 aromatic carbocycles. The van der Waals surface area contributed by atoms with Crippen LogP contribution in [0, 0.1) is 6.92 Å². The Bertz CT molecular complexity index is 1210. The lowest BCUT2D eigenvalue weighted by molar-refractivity contribution is -0.140. The van der Waals surface area contributed by atoms with Crippen molar-refractivity contribution in [3.8, 4) is 11.1 Å². The van der Waals surface area contributed by atoms with Gasteiger partial charge in [0.15, 0.2) is 0 Å². The minimum atomic E-state index is -1.27. The van der Waals surface area contributed by atoms with Gasteiger partial charge in [0.1, 0.15) is 12.6 Å². The molecule has 0 fully saturated rings. The SMILES string of the molecule is Cc1ccccc1C(C)NC(=O)C(CC(=O)O)NC(=O)OCC1c2ccccc2-c2ccccc21. The van der Waals surface area contributed by atoms with E-state index >= 15 is 0 Å². The second-order valence-electron chi connectivity index (χ2n) is 8.71. The lowest BCUT2D eigenvalue weighted by Crippen LogP contribution is -2.48. The van der Waals surface area contributed by atoms with Crippen molar-refractivity contribution < 1.29 is 24.2 Å². The van der Waals surface area contributed by atoms with E-state index in [1.54, 1.807) is 0 Å². The van der Waals surface area contributed by atoms with E-state index < -0.39 is 30.4 Å². The maximum Gasteiger partial charge on any atom is 0.407 e. The Kier molecular flexibility index (Phi) is 7.15. The molecule has 180 valence electrons. The first-order valence-corrected chi connectivity index (χ1v) is 11.5. The number of benzene rings is 3. The van der Waals surface area contributed by atoms with E-state index in [0.717, 1.165) is 33.4 Å². The van der Waals surface area contributed by atoms with Crippen molar-refractivity contribution in [3.05, 3.63) is 95.1 Å². The van der Waals surface area contributed by atoms with E-state index in [1.165, 1.54) is 0 Å². The van der Waals surface area contributed by atoms with Crippen LogP contribution in [-0.4, -0.2) is 35.7 Å². The van der Waals surface area contributed by atoms with Crippen molar-refractivity contribution in [2.24, 2.45) is 0 Å². The summed E-state index contributed by atoms with van der Waals surface area (Å²) in [5, 5.41) is 14.5. The summed E-state index contributed by atoms with van der Waals surface area (Å²) in [7, 11) is 0. The van der Waals surface area contributed by atoms with Crippen molar-refractivity contribution in [1.29, 1.82) is 0 Å². The number of carbonyl (C=O) groups excluding carboxylic acids is 2. The quantitative estimate of drug-likeness (QED) is 0.446. The molecule has 0 spiro atoms. The predicted molar refractivity (Wildman–Crippen MR) is 132 cm³/mol. The molecular weight excluding hydrogens is 444 g/mol. The summed E-state index contributed by atoms with van der Waals surface area (Å²) in [6, 6.07) is 21.9. The van der Waals surface area contributed by atoms with E-state index in [2.05, 4.69) is 10.6 Å². The van der Waals surface area contributed by atoms with E-state index in [0.29, 0.717) is 0 Å². The van der Waals surface area contributed by atoms with Gasteiger partial charge >= 0.3 is 12.1 Å². The molecule has 7 nitrogen and oxygen atoms in total. The number of carboxylic acid groups (broad SMARTS) is 1. The third-order valence-electron chi connectivity index (χ3n) is 6.34. The summed E-state index contributed by atoms with van der Waals surface area (Å²) in [5.74, 6) is -1.93. The molecule has 1 aliphatic rings. The van der Waals surface area contributed by atoms with E-state index in [-0.39, 0.29) is 18.6 Å². The van der Waals surface area contributed by atoms with E-state index in [9.17, 15) is 19.5 Å². The molecule has 2 atom stereocenters. The zero-order chi connectivity index (χ0) is 24.9. The zero-order valence-electron chi connectivity index (χ0n) is 19.7. The molecule has 3 N–H and O–H groups in total. The molecule has 7 heteroatoms. The summed E-state index contributed by atoms with van der Waals surface area (Å²) < 4.78 is 5.49. The molecule has 2 amide bonds. The molecule has 4 rings (SSSR count). The molecule has 35 heavy (non-hydrogen) atoms. The van der Waals surface area contributed by atoms with Crippen LogP contribution in [0.5, 0.6) is 0 Å². The number of hydrogen-bond acceptors (Lipinski definition) is 4.